The number of ether oxygens (including phenoxy) is 4. The molecule has 0 aromatic heterocycles. The van der Waals surface area contributed by atoms with Crippen molar-refractivity contribution >= 4 is 0 Å². The van der Waals surface area contributed by atoms with E-state index in [0.29, 0.717) is 24.1 Å². The lowest BCUT2D eigenvalue weighted by Gasteiger charge is -2.46. The lowest BCUT2D eigenvalue weighted by Crippen LogP contribution is -2.63. The van der Waals surface area contributed by atoms with E-state index in [1.807, 2.05) is 21.1 Å². The number of rotatable bonds is 12. The van der Waals surface area contributed by atoms with Crippen molar-refractivity contribution in [2.24, 2.45) is 5.92 Å². The van der Waals surface area contributed by atoms with E-state index in [9.17, 15) is 30.6 Å². The van der Waals surface area contributed by atoms with E-state index < -0.39 is 61.0 Å². The van der Waals surface area contributed by atoms with Gasteiger partial charge in [-0.2, -0.15) is 0 Å². The second kappa shape index (κ2) is 13.2. The third-order valence-corrected chi connectivity index (χ3v) is 6.57. The second-order valence-electron chi connectivity index (χ2n) is 10.7. The number of hydrogen-bond donors (Lipinski definition) is 6. The Labute approximate surface area is 202 Å². The molecule has 11 atom stereocenters. The van der Waals surface area contributed by atoms with Crippen molar-refractivity contribution in [1.82, 2.24) is 0 Å². The Balaban J connectivity index is 1.89. The molecule has 0 aliphatic carbocycles. The molecule has 0 bridgehead atoms. The van der Waals surface area contributed by atoms with Crippen LogP contribution >= 0.6 is 0 Å². The van der Waals surface area contributed by atoms with Gasteiger partial charge in [-0.3, -0.25) is 0 Å². The van der Waals surface area contributed by atoms with Gasteiger partial charge < -0.3 is 54.1 Å². The molecule has 11 unspecified atom stereocenters. The molecule has 2 fully saturated rings. The predicted molar refractivity (Wildman–Crippen MR) is 122 cm³/mol. The highest BCUT2D eigenvalue weighted by molar-refractivity contribution is 4.94. The third-order valence-electron chi connectivity index (χ3n) is 6.57. The highest BCUT2D eigenvalue weighted by atomic mass is 16.7. The minimum Gasteiger partial charge on any atom is -0.394 e. The summed E-state index contributed by atoms with van der Waals surface area (Å²) in [6.07, 6.45) is -7.89. The second-order valence-corrected chi connectivity index (χ2v) is 10.7. The summed E-state index contributed by atoms with van der Waals surface area (Å²) in [5.41, 5.74) is 0. The van der Waals surface area contributed by atoms with Crippen LogP contribution in [0.5, 0.6) is 0 Å². The maximum absolute atomic E-state index is 10.6. The Kier molecular flexibility index (Phi) is 11.6. The fourth-order valence-corrected chi connectivity index (χ4v) is 4.48. The van der Waals surface area contributed by atoms with E-state index in [-0.39, 0.29) is 19.3 Å². The lowest BCUT2D eigenvalue weighted by molar-refractivity contribution is -0.873. The van der Waals surface area contributed by atoms with E-state index in [0.717, 1.165) is 12.8 Å². The van der Waals surface area contributed by atoms with Gasteiger partial charge in [0.25, 0.3) is 0 Å². The predicted octanol–water partition coefficient (Wildman–Crippen LogP) is -1.79. The molecule has 0 spiro atoms. The molecule has 2 saturated heterocycles. The highest BCUT2D eigenvalue weighted by Crippen LogP contribution is 2.31. The van der Waals surface area contributed by atoms with Crippen LogP contribution in [0.4, 0.5) is 0 Å². The SMILES string of the molecule is CC1OC(COCCCCC(O)C[N+](C)(C)C)C(OC2OC(CO)C(C)C(O)C2O)C(O)C1O. The maximum Gasteiger partial charge on any atom is 0.187 e. The first-order valence-corrected chi connectivity index (χ1v) is 12.2. The van der Waals surface area contributed by atoms with E-state index in [4.69, 9.17) is 18.9 Å². The Morgan fingerprint density at radius 3 is 2.18 bits per heavy atom. The van der Waals surface area contributed by atoms with Gasteiger partial charge in [0.05, 0.1) is 52.7 Å². The van der Waals surface area contributed by atoms with Crippen molar-refractivity contribution in [3.63, 3.8) is 0 Å². The van der Waals surface area contributed by atoms with Gasteiger partial charge in [0.2, 0.25) is 0 Å². The molecule has 2 aliphatic rings. The largest absolute Gasteiger partial charge is 0.394 e. The van der Waals surface area contributed by atoms with Crippen molar-refractivity contribution < 1.29 is 54.1 Å². The Hall–Kier alpha value is -0.440. The number of hydrogen-bond acceptors (Lipinski definition) is 10. The van der Waals surface area contributed by atoms with Crippen LogP contribution in [0.15, 0.2) is 0 Å². The Morgan fingerprint density at radius 1 is 0.882 bits per heavy atom. The zero-order chi connectivity index (χ0) is 25.6. The van der Waals surface area contributed by atoms with E-state index in [2.05, 4.69) is 0 Å². The van der Waals surface area contributed by atoms with E-state index in [1.165, 1.54) is 0 Å². The van der Waals surface area contributed by atoms with Crippen LogP contribution in [0.1, 0.15) is 33.1 Å². The molecule has 0 radical (unpaired) electrons. The van der Waals surface area contributed by atoms with Crippen LogP contribution in [0.25, 0.3) is 0 Å². The Bertz CT molecular complexity index is 589. The smallest absolute Gasteiger partial charge is 0.187 e. The summed E-state index contributed by atoms with van der Waals surface area (Å²) in [6, 6.07) is 0. The molecular formula is C23H46NO10+. The monoisotopic (exact) mass is 496 g/mol. The van der Waals surface area contributed by atoms with Crippen LogP contribution in [-0.4, -0.2) is 144 Å². The van der Waals surface area contributed by atoms with Crippen LogP contribution in [0.3, 0.4) is 0 Å². The summed E-state index contributed by atoms with van der Waals surface area (Å²) in [5, 5.41) is 61.3. The molecule has 202 valence electrons. The van der Waals surface area contributed by atoms with Gasteiger partial charge in [0, 0.05) is 12.5 Å². The van der Waals surface area contributed by atoms with E-state index >= 15 is 0 Å². The molecular weight excluding hydrogens is 450 g/mol. The first-order chi connectivity index (χ1) is 15.9. The topological polar surface area (TPSA) is 158 Å². The van der Waals surface area contributed by atoms with Crippen molar-refractivity contribution in [1.29, 1.82) is 0 Å². The molecule has 0 saturated carbocycles. The number of unbranched alkanes of at least 4 members (excludes halogenated alkanes) is 1. The van der Waals surface area contributed by atoms with E-state index in [1.54, 1.807) is 13.8 Å². The van der Waals surface area contributed by atoms with Gasteiger partial charge in [-0.05, 0) is 26.2 Å². The molecule has 6 N–H and O–H groups in total. The van der Waals surface area contributed by atoms with Gasteiger partial charge in [-0.25, -0.2) is 0 Å². The third kappa shape index (κ3) is 8.31. The molecule has 0 aromatic rings. The van der Waals surface area contributed by atoms with Crippen molar-refractivity contribution in [2.75, 3.05) is 47.5 Å². The van der Waals surface area contributed by atoms with Crippen LogP contribution in [-0.2, 0) is 18.9 Å². The average molecular weight is 497 g/mol. The first-order valence-electron chi connectivity index (χ1n) is 12.2. The summed E-state index contributed by atoms with van der Waals surface area (Å²) in [7, 11) is 6.10. The van der Waals surface area contributed by atoms with Gasteiger partial charge in [0.15, 0.2) is 6.29 Å². The minimum atomic E-state index is -1.40. The van der Waals surface area contributed by atoms with Crippen LogP contribution in [0.2, 0.25) is 0 Å². The quantitative estimate of drug-likeness (QED) is 0.135. The first kappa shape index (κ1) is 29.8. The van der Waals surface area contributed by atoms with Crippen LogP contribution < -0.4 is 0 Å². The van der Waals surface area contributed by atoms with Crippen LogP contribution in [0, 0.1) is 5.92 Å². The average Bonchev–Trinajstić information content (AvgIpc) is 2.75. The number of quaternary nitrogens is 1. The fraction of sp³-hybridized carbons (Fsp3) is 1.00. The molecule has 2 rings (SSSR count). The molecule has 0 amide bonds. The molecule has 0 aromatic carbocycles. The van der Waals surface area contributed by atoms with Crippen molar-refractivity contribution in [2.45, 2.75) is 94.3 Å². The number of aliphatic hydroxyl groups is 6. The molecule has 34 heavy (non-hydrogen) atoms. The number of aliphatic hydroxyl groups excluding tert-OH is 6. The fourth-order valence-electron chi connectivity index (χ4n) is 4.48. The van der Waals surface area contributed by atoms with Crippen molar-refractivity contribution in [3.05, 3.63) is 0 Å². The molecule has 11 heteroatoms. The summed E-state index contributed by atoms with van der Waals surface area (Å²) < 4.78 is 23.7. The normalized spacial score (nSPS) is 40.3. The zero-order valence-corrected chi connectivity index (χ0v) is 21.1. The minimum absolute atomic E-state index is 0.0748. The maximum atomic E-state index is 10.6. The summed E-state index contributed by atoms with van der Waals surface area (Å²) in [5.74, 6) is -0.516. The molecule has 2 heterocycles. The van der Waals surface area contributed by atoms with Gasteiger partial charge in [-0.15, -0.1) is 0 Å². The van der Waals surface area contributed by atoms with Gasteiger partial charge in [-0.1, -0.05) is 6.92 Å². The zero-order valence-electron chi connectivity index (χ0n) is 21.1. The van der Waals surface area contributed by atoms with Crippen molar-refractivity contribution in [3.8, 4) is 0 Å². The summed E-state index contributed by atoms with van der Waals surface area (Å²) in [6.45, 7) is 4.07. The molecule has 2 aliphatic heterocycles. The van der Waals surface area contributed by atoms with Gasteiger partial charge in [0.1, 0.15) is 43.2 Å². The molecule has 11 nitrogen and oxygen atoms in total. The Morgan fingerprint density at radius 2 is 1.56 bits per heavy atom. The summed E-state index contributed by atoms with van der Waals surface area (Å²) >= 11 is 0. The standard InChI is InChI=1S/C23H46NO10/c1-13-16(11-25)33-23(21(30)18(13)27)34-22-17(32-14(2)19(28)20(22)29)12-31-9-7-6-8-15(26)10-24(3,4)5/h13-23,25-30H,6-12H2,1-5H3/q+1. The number of nitrogens with zero attached hydrogens (tertiary/aromatic N) is 1. The number of likely N-dealkylation sites (N-methyl/N-ethyl adjacent to an activating group) is 1. The van der Waals surface area contributed by atoms with Gasteiger partial charge >= 0.3 is 0 Å². The summed E-state index contributed by atoms with van der Waals surface area (Å²) in [4.78, 5) is 0. The lowest BCUT2D eigenvalue weighted by atomic mass is 9.90. The highest BCUT2D eigenvalue weighted by Gasteiger charge is 2.49.